The third-order valence-corrected chi connectivity index (χ3v) is 3.66. The number of nitrogens with one attached hydrogen (secondary N) is 2. The molecular weight excluding hydrogens is 263 g/mol. The van der Waals surface area contributed by atoms with Gasteiger partial charge in [-0.15, -0.1) is 0 Å². The largest absolute Gasteiger partial charge is 0.465 e. The molecule has 0 aromatic carbocycles. The SMILES string of the molecule is CCC(CC)(CC(C)(C)NC(=O)O)C(=O)NCCCF. The summed E-state index contributed by atoms with van der Waals surface area (Å²) in [5, 5.41) is 14.0. The van der Waals surface area contributed by atoms with E-state index in [0.29, 0.717) is 32.2 Å². The maximum absolute atomic E-state index is 12.4. The molecular formula is C14H27FN2O3. The summed E-state index contributed by atoms with van der Waals surface area (Å²) in [6.07, 6.45) is 0.812. The van der Waals surface area contributed by atoms with Crippen LogP contribution in [-0.4, -0.2) is 35.9 Å². The van der Waals surface area contributed by atoms with Crippen molar-refractivity contribution in [1.29, 1.82) is 0 Å². The minimum atomic E-state index is -1.10. The van der Waals surface area contributed by atoms with Crippen molar-refractivity contribution in [2.45, 2.75) is 58.9 Å². The number of carboxylic acid groups (broad SMARTS) is 1. The van der Waals surface area contributed by atoms with Crippen molar-refractivity contribution >= 4 is 12.0 Å². The molecule has 0 saturated carbocycles. The molecule has 6 heteroatoms. The number of amides is 2. The van der Waals surface area contributed by atoms with E-state index in [1.165, 1.54) is 0 Å². The highest BCUT2D eigenvalue weighted by Gasteiger charge is 2.40. The van der Waals surface area contributed by atoms with E-state index in [-0.39, 0.29) is 5.91 Å². The molecule has 118 valence electrons. The number of carbonyl (C=O) groups excluding carboxylic acids is 1. The smallest absolute Gasteiger partial charge is 0.405 e. The number of hydrogen-bond acceptors (Lipinski definition) is 2. The predicted octanol–water partition coefficient (Wildman–Crippen LogP) is 2.70. The van der Waals surface area contributed by atoms with Crippen molar-refractivity contribution in [1.82, 2.24) is 10.6 Å². The maximum atomic E-state index is 12.4. The first-order valence-electron chi connectivity index (χ1n) is 7.08. The average Bonchev–Trinajstić information content (AvgIpc) is 2.34. The van der Waals surface area contributed by atoms with E-state index in [1.807, 2.05) is 13.8 Å². The van der Waals surface area contributed by atoms with Gasteiger partial charge in [-0.25, -0.2) is 4.79 Å². The minimum Gasteiger partial charge on any atom is -0.465 e. The maximum Gasteiger partial charge on any atom is 0.405 e. The Morgan fingerprint density at radius 3 is 2.15 bits per heavy atom. The van der Waals surface area contributed by atoms with E-state index in [9.17, 15) is 14.0 Å². The van der Waals surface area contributed by atoms with Gasteiger partial charge in [0, 0.05) is 12.1 Å². The third kappa shape index (κ3) is 5.75. The lowest BCUT2D eigenvalue weighted by atomic mass is 9.72. The zero-order chi connectivity index (χ0) is 15.8. The molecule has 0 atom stereocenters. The van der Waals surface area contributed by atoms with Crippen molar-refractivity contribution in [3.8, 4) is 0 Å². The predicted molar refractivity (Wildman–Crippen MR) is 76.5 cm³/mol. The van der Waals surface area contributed by atoms with Gasteiger partial charge in [0.25, 0.3) is 0 Å². The zero-order valence-corrected chi connectivity index (χ0v) is 12.9. The molecule has 5 nitrogen and oxygen atoms in total. The van der Waals surface area contributed by atoms with Crippen LogP contribution >= 0.6 is 0 Å². The zero-order valence-electron chi connectivity index (χ0n) is 12.9. The lowest BCUT2D eigenvalue weighted by Crippen LogP contribution is -2.51. The first-order chi connectivity index (χ1) is 9.23. The number of hydrogen-bond donors (Lipinski definition) is 3. The highest BCUT2D eigenvalue weighted by Crippen LogP contribution is 2.36. The Morgan fingerprint density at radius 2 is 1.75 bits per heavy atom. The van der Waals surface area contributed by atoms with Crippen LogP contribution in [0, 0.1) is 5.41 Å². The standard InChI is InChI=1S/C14H27FN2O3/c1-5-14(6-2,11(18)16-9-7-8-15)10-13(3,4)17-12(19)20/h17H,5-10H2,1-4H3,(H,16,18)(H,19,20). The molecule has 0 aromatic heterocycles. The van der Waals surface area contributed by atoms with Gasteiger partial charge in [-0.05, 0) is 39.5 Å². The molecule has 2 amide bonds. The van der Waals surface area contributed by atoms with Gasteiger partial charge in [0.05, 0.1) is 12.1 Å². The molecule has 0 rings (SSSR count). The van der Waals surface area contributed by atoms with Gasteiger partial charge in [-0.2, -0.15) is 0 Å². The van der Waals surface area contributed by atoms with E-state index in [0.717, 1.165) is 0 Å². The number of alkyl halides is 1. The van der Waals surface area contributed by atoms with Gasteiger partial charge in [-0.3, -0.25) is 9.18 Å². The van der Waals surface area contributed by atoms with Crippen LogP contribution in [0.25, 0.3) is 0 Å². The first-order valence-corrected chi connectivity index (χ1v) is 7.08. The summed E-state index contributed by atoms with van der Waals surface area (Å²) in [4.78, 5) is 23.2. The summed E-state index contributed by atoms with van der Waals surface area (Å²) >= 11 is 0. The molecule has 0 aliphatic rings. The molecule has 0 aliphatic heterocycles. The van der Waals surface area contributed by atoms with Crippen molar-refractivity contribution in [3.05, 3.63) is 0 Å². The molecule has 0 radical (unpaired) electrons. The van der Waals surface area contributed by atoms with Gasteiger partial charge < -0.3 is 15.7 Å². The fourth-order valence-corrected chi connectivity index (χ4v) is 2.54. The lowest BCUT2D eigenvalue weighted by molar-refractivity contribution is -0.133. The summed E-state index contributed by atoms with van der Waals surface area (Å²) in [6, 6.07) is 0. The van der Waals surface area contributed by atoms with Gasteiger partial charge in [-0.1, -0.05) is 13.8 Å². The summed E-state index contributed by atoms with van der Waals surface area (Å²) in [5.74, 6) is -0.129. The average molecular weight is 290 g/mol. The van der Waals surface area contributed by atoms with Crippen LogP contribution in [0.3, 0.4) is 0 Å². The fraction of sp³-hybridized carbons (Fsp3) is 0.857. The van der Waals surface area contributed by atoms with E-state index >= 15 is 0 Å². The molecule has 3 N–H and O–H groups in total. The molecule has 0 aliphatic carbocycles. The number of carbonyl (C=O) groups is 2. The summed E-state index contributed by atoms with van der Waals surface area (Å²) < 4.78 is 12.1. The second kappa shape index (κ2) is 8.07. The van der Waals surface area contributed by atoms with Gasteiger partial charge >= 0.3 is 6.09 Å². The Morgan fingerprint density at radius 1 is 1.20 bits per heavy atom. The second-order valence-electron chi connectivity index (χ2n) is 5.78. The Kier molecular flexibility index (Phi) is 7.53. The molecule has 0 aromatic rings. The van der Waals surface area contributed by atoms with E-state index in [1.54, 1.807) is 13.8 Å². The van der Waals surface area contributed by atoms with Gasteiger partial charge in [0.15, 0.2) is 0 Å². The van der Waals surface area contributed by atoms with Crippen LogP contribution in [0.2, 0.25) is 0 Å². The van der Waals surface area contributed by atoms with Crippen molar-refractivity contribution < 1.29 is 19.1 Å². The van der Waals surface area contributed by atoms with Crippen LogP contribution in [-0.2, 0) is 4.79 Å². The van der Waals surface area contributed by atoms with Crippen molar-refractivity contribution in [2.75, 3.05) is 13.2 Å². The van der Waals surface area contributed by atoms with Gasteiger partial charge in [0.1, 0.15) is 0 Å². The lowest BCUT2D eigenvalue weighted by Gasteiger charge is -2.38. The normalized spacial score (nSPS) is 12.1. The number of rotatable bonds is 9. The van der Waals surface area contributed by atoms with Crippen LogP contribution in [0.5, 0.6) is 0 Å². The highest BCUT2D eigenvalue weighted by atomic mass is 19.1. The summed E-state index contributed by atoms with van der Waals surface area (Å²) in [7, 11) is 0. The molecule has 0 fully saturated rings. The van der Waals surface area contributed by atoms with Crippen LogP contribution in [0.15, 0.2) is 0 Å². The molecule has 0 spiro atoms. The summed E-state index contributed by atoms with van der Waals surface area (Å²) in [5.41, 5.74) is -1.34. The van der Waals surface area contributed by atoms with E-state index in [2.05, 4.69) is 10.6 Å². The van der Waals surface area contributed by atoms with Crippen molar-refractivity contribution in [2.24, 2.45) is 5.41 Å². The molecule has 20 heavy (non-hydrogen) atoms. The quantitative estimate of drug-likeness (QED) is 0.571. The monoisotopic (exact) mass is 290 g/mol. The fourth-order valence-electron chi connectivity index (χ4n) is 2.54. The van der Waals surface area contributed by atoms with Crippen LogP contribution < -0.4 is 10.6 Å². The Balaban J connectivity index is 4.90. The van der Waals surface area contributed by atoms with Crippen molar-refractivity contribution in [3.63, 3.8) is 0 Å². The first kappa shape index (κ1) is 18.7. The molecule has 0 unspecified atom stereocenters. The third-order valence-electron chi connectivity index (χ3n) is 3.66. The van der Waals surface area contributed by atoms with Gasteiger partial charge in [0.2, 0.25) is 5.91 Å². The molecule has 0 heterocycles. The molecule has 0 saturated heterocycles. The number of halogens is 1. The Bertz CT molecular complexity index is 328. The minimum absolute atomic E-state index is 0.129. The summed E-state index contributed by atoms with van der Waals surface area (Å²) in [6.45, 7) is 7.19. The highest BCUT2D eigenvalue weighted by molar-refractivity contribution is 5.82. The Hall–Kier alpha value is -1.33. The Labute approximate surface area is 120 Å². The van der Waals surface area contributed by atoms with E-state index in [4.69, 9.17) is 5.11 Å². The van der Waals surface area contributed by atoms with Crippen LogP contribution in [0.4, 0.5) is 9.18 Å². The van der Waals surface area contributed by atoms with E-state index < -0.39 is 23.7 Å². The topological polar surface area (TPSA) is 78.4 Å². The molecule has 0 bridgehead atoms. The van der Waals surface area contributed by atoms with Crippen LogP contribution in [0.1, 0.15) is 53.4 Å². The second-order valence-corrected chi connectivity index (χ2v) is 5.78.